The number of ether oxygens (including phenoxy) is 2. The molecular weight excluding hydrogens is 318 g/mol. The first-order chi connectivity index (χ1) is 12.3. The van der Waals surface area contributed by atoms with Crippen LogP contribution in [0.1, 0.15) is 6.42 Å². The van der Waals surface area contributed by atoms with Crippen LogP contribution in [0.15, 0.2) is 30.5 Å². The van der Waals surface area contributed by atoms with Gasteiger partial charge < -0.3 is 20.5 Å². The quantitative estimate of drug-likeness (QED) is 0.742. The van der Waals surface area contributed by atoms with Crippen LogP contribution in [-0.2, 0) is 4.74 Å². The van der Waals surface area contributed by atoms with Crippen molar-refractivity contribution in [1.82, 2.24) is 14.9 Å². The van der Waals surface area contributed by atoms with E-state index in [2.05, 4.69) is 20.2 Å². The molecule has 3 rings (SSSR count). The van der Waals surface area contributed by atoms with Gasteiger partial charge in [-0.3, -0.25) is 4.90 Å². The fourth-order valence-electron chi connectivity index (χ4n) is 2.78. The Morgan fingerprint density at radius 2 is 2.16 bits per heavy atom. The minimum absolute atomic E-state index is 0.415. The number of rotatable bonds is 7. The van der Waals surface area contributed by atoms with Crippen LogP contribution in [0.2, 0.25) is 0 Å². The predicted octanol–water partition coefficient (Wildman–Crippen LogP) is 1.87. The van der Waals surface area contributed by atoms with Gasteiger partial charge in [-0.1, -0.05) is 12.1 Å². The Kier molecular flexibility index (Phi) is 6.03. The van der Waals surface area contributed by atoms with Crippen molar-refractivity contribution in [3.8, 4) is 17.0 Å². The van der Waals surface area contributed by atoms with Crippen molar-refractivity contribution < 1.29 is 9.47 Å². The Bertz CT molecular complexity index is 689. The molecule has 0 amide bonds. The highest BCUT2D eigenvalue weighted by atomic mass is 16.5. The van der Waals surface area contributed by atoms with E-state index in [0.29, 0.717) is 11.6 Å². The van der Waals surface area contributed by atoms with E-state index in [0.717, 1.165) is 62.8 Å². The van der Waals surface area contributed by atoms with E-state index in [9.17, 15) is 0 Å². The zero-order chi connectivity index (χ0) is 17.5. The maximum atomic E-state index is 5.96. The minimum atomic E-state index is 0.415. The molecule has 0 radical (unpaired) electrons. The highest BCUT2D eigenvalue weighted by molar-refractivity contribution is 5.66. The maximum absolute atomic E-state index is 5.96. The lowest BCUT2D eigenvalue weighted by molar-refractivity contribution is 0.0378. The first-order valence-electron chi connectivity index (χ1n) is 8.57. The van der Waals surface area contributed by atoms with Gasteiger partial charge >= 0.3 is 0 Å². The summed E-state index contributed by atoms with van der Waals surface area (Å²) in [5.74, 6) is 1.83. The molecule has 7 nitrogen and oxygen atoms in total. The van der Waals surface area contributed by atoms with Gasteiger partial charge in [-0.05, 0) is 25.1 Å². The highest BCUT2D eigenvalue weighted by Gasteiger charge is 2.10. The number of hydrogen-bond acceptors (Lipinski definition) is 7. The summed E-state index contributed by atoms with van der Waals surface area (Å²) in [7, 11) is 1.65. The Hall–Kier alpha value is -2.38. The van der Waals surface area contributed by atoms with Gasteiger partial charge in [-0.25, -0.2) is 9.97 Å². The molecular formula is C18H25N5O2. The largest absolute Gasteiger partial charge is 0.497 e. The molecule has 1 fully saturated rings. The second-order valence-electron chi connectivity index (χ2n) is 5.96. The number of nitrogens with zero attached hydrogens (tertiary/aromatic N) is 3. The summed E-state index contributed by atoms with van der Waals surface area (Å²) < 4.78 is 10.6. The summed E-state index contributed by atoms with van der Waals surface area (Å²) in [6, 6.07) is 7.74. The van der Waals surface area contributed by atoms with Crippen molar-refractivity contribution in [3.05, 3.63) is 30.5 Å². The number of nitrogens with one attached hydrogen (secondary N) is 1. The van der Waals surface area contributed by atoms with Gasteiger partial charge in [-0.2, -0.15) is 0 Å². The Morgan fingerprint density at radius 1 is 1.32 bits per heavy atom. The van der Waals surface area contributed by atoms with E-state index in [1.54, 1.807) is 13.3 Å². The number of anilines is 2. The van der Waals surface area contributed by atoms with Crippen molar-refractivity contribution in [1.29, 1.82) is 0 Å². The van der Waals surface area contributed by atoms with Gasteiger partial charge in [0.25, 0.3) is 0 Å². The average Bonchev–Trinajstić information content (AvgIpc) is 2.67. The van der Waals surface area contributed by atoms with Gasteiger partial charge in [0, 0.05) is 25.2 Å². The van der Waals surface area contributed by atoms with Crippen LogP contribution in [-0.4, -0.2) is 61.4 Å². The van der Waals surface area contributed by atoms with Crippen LogP contribution >= 0.6 is 0 Å². The molecule has 1 aliphatic heterocycles. The molecule has 1 aromatic heterocycles. The predicted molar refractivity (Wildman–Crippen MR) is 98.8 cm³/mol. The molecule has 1 aliphatic rings. The molecule has 2 aromatic rings. The third-order valence-electron chi connectivity index (χ3n) is 4.21. The third-order valence-corrected chi connectivity index (χ3v) is 4.21. The van der Waals surface area contributed by atoms with Crippen LogP contribution in [0.4, 0.5) is 11.6 Å². The Balaban J connectivity index is 1.59. The molecule has 0 spiro atoms. The molecule has 2 heterocycles. The highest BCUT2D eigenvalue weighted by Crippen LogP contribution is 2.24. The first kappa shape index (κ1) is 17.4. The smallest absolute Gasteiger partial charge is 0.169 e. The lowest BCUT2D eigenvalue weighted by Crippen LogP contribution is -2.37. The van der Waals surface area contributed by atoms with E-state index < -0.39 is 0 Å². The molecule has 1 aromatic carbocycles. The molecule has 3 N–H and O–H groups in total. The summed E-state index contributed by atoms with van der Waals surface area (Å²) >= 11 is 0. The van der Waals surface area contributed by atoms with E-state index in [1.807, 2.05) is 24.3 Å². The third kappa shape index (κ3) is 4.80. The van der Waals surface area contributed by atoms with Crippen molar-refractivity contribution in [2.45, 2.75) is 6.42 Å². The van der Waals surface area contributed by atoms with Crippen LogP contribution in [0, 0.1) is 0 Å². The van der Waals surface area contributed by atoms with E-state index >= 15 is 0 Å². The van der Waals surface area contributed by atoms with Crippen molar-refractivity contribution in [2.75, 3.05) is 57.6 Å². The number of morpholine rings is 1. The minimum Gasteiger partial charge on any atom is -0.497 e. The monoisotopic (exact) mass is 343 g/mol. The van der Waals surface area contributed by atoms with Crippen LogP contribution in [0.5, 0.6) is 5.75 Å². The second-order valence-corrected chi connectivity index (χ2v) is 5.96. The van der Waals surface area contributed by atoms with Gasteiger partial charge in [0.15, 0.2) is 11.6 Å². The van der Waals surface area contributed by atoms with Crippen molar-refractivity contribution in [2.24, 2.45) is 0 Å². The fourth-order valence-corrected chi connectivity index (χ4v) is 2.78. The fraction of sp³-hybridized carbons (Fsp3) is 0.444. The van der Waals surface area contributed by atoms with Crippen LogP contribution < -0.4 is 15.8 Å². The zero-order valence-corrected chi connectivity index (χ0v) is 14.6. The molecule has 134 valence electrons. The zero-order valence-electron chi connectivity index (χ0n) is 14.6. The lowest BCUT2D eigenvalue weighted by atomic mass is 10.1. The van der Waals surface area contributed by atoms with Gasteiger partial charge in [0.05, 0.1) is 32.2 Å². The Labute approximate surface area is 148 Å². The molecule has 0 unspecified atom stereocenters. The SMILES string of the molecule is COc1cccc(-c2cnc(N)c(NCCCN3CCOCC3)n2)c1. The van der Waals surface area contributed by atoms with Gasteiger partial charge in [0.2, 0.25) is 0 Å². The van der Waals surface area contributed by atoms with Gasteiger partial charge in [-0.15, -0.1) is 0 Å². The number of methoxy groups -OCH3 is 1. The molecule has 0 saturated carbocycles. The van der Waals surface area contributed by atoms with E-state index in [4.69, 9.17) is 15.2 Å². The first-order valence-corrected chi connectivity index (χ1v) is 8.57. The van der Waals surface area contributed by atoms with E-state index in [1.165, 1.54) is 0 Å². The standard InChI is InChI=1S/C18H25N5O2/c1-24-15-5-2-4-14(12-15)16-13-21-17(19)18(22-16)20-6-3-7-23-8-10-25-11-9-23/h2,4-5,12-13H,3,6-11H2,1H3,(H2,19,21)(H,20,22). The molecule has 0 atom stereocenters. The maximum Gasteiger partial charge on any atom is 0.169 e. The molecule has 7 heteroatoms. The summed E-state index contributed by atoms with van der Waals surface area (Å²) in [4.78, 5) is 11.3. The summed E-state index contributed by atoms with van der Waals surface area (Å²) in [6.07, 6.45) is 2.70. The molecule has 1 saturated heterocycles. The summed E-state index contributed by atoms with van der Waals surface area (Å²) in [5, 5.41) is 3.30. The number of nitrogen functional groups attached to an aromatic ring is 1. The Morgan fingerprint density at radius 3 is 2.96 bits per heavy atom. The molecule has 25 heavy (non-hydrogen) atoms. The number of hydrogen-bond donors (Lipinski definition) is 2. The topological polar surface area (TPSA) is 85.5 Å². The number of benzene rings is 1. The van der Waals surface area contributed by atoms with Crippen LogP contribution in [0.3, 0.4) is 0 Å². The van der Waals surface area contributed by atoms with Crippen molar-refractivity contribution in [3.63, 3.8) is 0 Å². The number of aromatic nitrogens is 2. The lowest BCUT2D eigenvalue weighted by Gasteiger charge is -2.26. The van der Waals surface area contributed by atoms with Crippen LogP contribution in [0.25, 0.3) is 11.3 Å². The summed E-state index contributed by atoms with van der Waals surface area (Å²) in [5.41, 5.74) is 7.68. The van der Waals surface area contributed by atoms with Crippen molar-refractivity contribution >= 4 is 11.6 Å². The van der Waals surface area contributed by atoms with Gasteiger partial charge in [0.1, 0.15) is 5.75 Å². The molecule has 0 bridgehead atoms. The second kappa shape index (κ2) is 8.64. The average molecular weight is 343 g/mol. The molecule has 0 aliphatic carbocycles. The normalized spacial score (nSPS) is 15.1. The summed E-state index contributed by atoms with van der Waals surface area (Å²) in [6.45, 7) is 5.51. The van der Waals surface area contributed by atoms with E-state index in [-0.39, 0.29) is 0 Å². The number of nitrogens with two attached hydrogens (primary N) is 1.